The molecule has 0 spiro atoms. The number of carboxylic acids is 1. The first kappa shape index (κ1) is 9.03. The summed E-state index contributed by atoms with van der Waals surface area (Å²) in [5, 5.41) is 9.47. The zero-order valence-electron chi connectivity index (χ0n) is 5.11. The van der Waals surface area contributed by atoms with Crippen LogP contribution in [0.3, 0.4) is 0 Å². The Morgan fingerprint density at radius 2 is 2.20 bits per heavy atom. The van der Waals surface area contributed by atoms with E-state index in [0.717, 1.165) is 17.8 Å². The Balaban J connectivity index is 3.36. The maximum absolute atomic E-state index is 10.0. The van der Waals surface area contributed by atoms with Gasteiger partial charge in [0.15, 0.2) is 0 Å². The van der Waals surface area contributed by atoms with Gasteiger partial charge in [-0.05, 0) is 5.41 Å². The predicted molar refractivity (Wildman–Crippen MR) is 38.4 cm³/mol. The molecule has 0 radical (unpaired) electrons. The number of carbonyl (C=O) groups is 2. The highest BCUT2D eigenvalue weighted by Gasteiger charge is 1.92. The molecule has 0 unspecified atom stereocenters. The number of aliphatic carboxylic acids is 1. The number of rotatable bonds is 4. The van der Waals surface area contributed by atoms with Gasteiger partial charge >= 0.3 is 5.97 Å². The fourth-order valence-corrected chi connectivity index (χ4v) is 0.704. The monoisotopic (exact) mass is 161 g/mol. The molecule has 0 fully saturated rings. The second kappa shape index (κ2) is 4.87. The van der Waals surface area contributed by atoms with Gasteiger partial charge in [-0.1, -0.05) is 0 Å². The molecule has 56 valence electrons. The summed E-state index contributed by atoms with van der Waals surface area (Å²) in [5.74, 6) is -1.54. The van der Waals surface area contributed by atoms with Crippen LogP contribution in [-0.4, -0.2) is 22.7 Å². The fraction of sp³-hybridized carbons (Fsp3) is 0.200. The van der Waals surface area contributed by atoms with E-state index in [9.17, 15) is 9.59 Å². The Morgan fingerprint density at radius 3 is 2.60 bits per heavy atom. The van der Waals surface area contributed by atoms with E-state index in [1.807, 2.05) is 0 Å². The van der Waals surface area contributed by atoms with Crippen molar-refractivity contribution in [2.24, 2.45) is 5.73 Å². The second-order valence-electron chi connectivity index (χ2n) is 1.41. The first-order valence-corrected chi connectivity index (χ1v) is 3.47. The lowest BCUT2D eigenvalue weighted by Crippen LogP contribution is -2.05. The number of hydrogen-bond acceptors (Lipinski definition) is 3. The molecular weight excluding hydrogens is 154 g/mol. The van der Waals surface area contributed by atoms with Gasteiger partial charge < -0.3 is 10.8 Å². The minimum absolute atomic E-state index is 0.0518. The first-order valence-electron chi connectivity index (χ1n) is 2.42. The molecule has 0 rings (SSSR count). The van der Waals surface area contributed by atoms with Crippen LogP contribution in [0.15, 0.2) is 11.5 Å². The third-order valence-corrected chi connectivity index (χ3v) is 1.28. The van der Waals surface area contributed by atoms with Crippen LogP contribution in [0.4, 0.5) is 0 Å². The quantitative estimate of drug-likeness (QED) is 0.560. The molecule has 0 heterocycles. The number of nitrogens with two attached hydrogens (primary N) is 1. The van der Waals surface area contributed by atoms with Gasteiger partial charge in [0.25, 0.3) is 0 Å². The maximum atomic E-state index is 10.0. The summed E-state index contributed by atoms with van der Waals surface area (Å²) < 4.78 is 0. The summed E-state index contributed by atoms with van der Waals surface area (Å²) in [4.78, 5) is 19.9. The van der Waals surface area contributed by atoms with Crippen molar-refractivity contribution in [1.82, 2.24) is 0 Å². The van der Waals surface area contributed by atoms with E-state index in [-0.39, 0.29) is 5.75 Å². The molecule has 4 nitrogen and oxygen atoms in total. The third kappa shape index (κ3) is 7.03. The van der Waals surface area contributed by atoms with E-state index >= 15 is 0 Å². The average molecular weight is 161 g/mol. The number of hydrogen-bond donors (Lipinski definition) is 2. The van der Waals surface area contributed by atoms with Crippen LogP contribution >= 0.6 is 11.8 Å². The number of carboxylic acid groups (broad SMARTS) is 1. The average Bonchev–Trinajstić information content (AvgIpc) is 1.79. The molecule has 0 saturated carbocycles. The van der Waals surface area contributed by atoms with E-state index in [4.69, 9.17) is 10.8 Å². The summed E-state index contributed by atoms with van der Waals surface area (Å²) in [7, 11) is 0. The maximum Gasteiger partial charge on any atom is 0.313 e. The predicted octanol–water partition coefficient (Wildman–Crippen LogP) is -0.197. The van der Waals surface area contributed by atoms with Gasteiger partial charge in [0.1, 0.15) is 0 Å². The molecular formula is C5H7NO3S. The lowest BCUT2D eigenvalue weighted by atomic mass is 10.6. The summed E-state index contributed by atoms with van der Waals surface area (Å²) in [5.41, 5.74) is 4.72. The van der Waals surface area contributed by atoms with Gasteiger partial charge in [-0.15, -0.1) is 11.8 Å². The molecule has 0 bridgehead atoms. The standard InChI is InChI=1S/C5H7NO3S/c6-4(7)1-2-10-3-5(8)9/h1-2H,3H2,(H2,6,7)(H,8,9)/b2-1+. The van der Waals surface area contributed by atoms with Crippen molar-refractivity contribution in [3.05, 3.63) is 11.5 Å². The molecule has 5 heteroatoms. The zero-order valence-corrected chi connectivity index (χ0v) is 5.93. The molecule has 0 aromatic heterocycles. The van der Waals surface area contributed by atoms with Gasteiger partial charge in [0, 0.05) is 6.08 Å². The van der Waals surface area contributed by atoms with Crippen LogP contribution in [0.5, 0.6) is 0 Å². The number of thioether (sulfide) groups is 1. The summed E-state index contributed by atoms with van der Waals surface area (Å²) >= 11 is 1.01. The van der Waals surface area contributed by atoms with E-state index in [2.05, 4.69) is 0 Å². The Hall–Kier alpha value is -0.970. The van der Waals surface area contributed by atoms with Crippen molar-refractivity contribution in [2.75, 3.05) is 5.75 Å². The van der Waals surface area contributed by atoms with E-state index in [1.54, 1.807) is 0 Å². The highest BCUT2D eigenvalue weighted by molar-refractivity contribution is 8.02. The molecule has 0 saturated heterocycles. The van der Waals surface area contributed by atoms with Crippen LogP contribution in [0.1, 0.15) is 0 Å². The Bertz CT molecular complexity index is 166. The van der Waals surface area contributed by atoms with Crippen molar-refractivity contribution < 1.29 is 14.7 Å². The molecule has 0 aliphatic carbocycles. The van der Waals surface area contributed by atoms with E-state index in [1.165, 1.54) is 5.41 Å². The molecule has 0 atom stereocenters. The SMILES string of the molecule is NC(=O)/C=C/SCC(=O)O. The number of amides is 1. The summed E-state index contributed by atoms with van der Waals surface area (Å²) in [6, 6.07) is 0. The smallest absolute Gasteiger partial charge is 0.313 e. The molecule has 0 aliphatic heterocycles. The molecule has 3 N–H and O–H groups in total. The van der Waals surface area contributed by atoms with Crippen LogP contribution in [0.2, 0.25) is 0 Å². The van der Waals surface area contributed by atoms with Gasteiger partial charge in [-0.3, -0.25) is 9.59 Å². The molecule has 0 aromatic rings. The first-order chi connectivity index (χ1) is 4.63. The molecule has 0 aromatic carbocycles. The Morgan fingerprint density at radius 1 is 1.60 bits per heavy atom. The molecule has 0 aliphatic rings. The normalized spacial score (nSPS) is 10.0. The van der Waals surface area contributed by atoms with Crippen molar-refractivity contribution >= 4 is 23.6 Å². The van der Waals surface area contributed by atoms with Gasteiger partial charge in [-0.25, -0.2) is 0 Å². The van der Waals surface area contributed by atoms with Crippen molar-refractivity contribution in [3.63, 3.8) is 0 Å². The topological polar surface area (TPSA) is 80.4 Å². The highest BCUT2D eigenvalue weighted by Crippen LogP contribution is 1.99. The summed E-state index contributed by atoms with van der Waals surface area (Å²) in [6.07, 6.45) is 1.12. The van der Waals surface area contributed by atoms with Crippen molar-refractivity contribution in [3.8, 4) is 0 Å². The Labute approximate surface area is 62.1 Å². The van der Waals surface area contributed by atoms with Gasteiger partial charge in [0.05, 0.1) is 5.75 Å². The molecule has 10 heavy (non-hydrogen) atoms. The highest BCUT2D eigenvalue weighted by atomic mass is 32.2. The van der Waals surface area contributed by atoms with Gasteiger partial charge in [-0.2, -0.15) is 0 Å². The number of carbonyl (C=O) groups excluding carboxylic acids is 1. The van der Waals surface area contributed by atoms with Crippen molar-refractivity contribution in [1.29, 1.82) is 0 Å². The lowest BCUT2D eigenvalue weighted by molar-refractivity contribution is -0.133. The summed E-state index contributed by atoms with van der Waals surface area (Å²) in [6.45, 7) is 0. The van der Waals surface area contributed by atoms with Crippen LogP contribution in [0.25, 0.3) is 0 Å². The second-order valence-corrected chi connectivity index (χ2v) is 2.30. The van der Waals surface area contributed by atoms with Crippen LogP contribution in [-0.2, 0) is 9.59 Å². The van der Waals surface area contributed by atoms with Crippen molar-refractivity contribution in [2.45, 2.75) is 0 Å². The van der Waals surface area contributed by atoms with E-state index in [0.29, 0.717) is 0 Å². The third-order valence-electron chi connectivity index (χ3n) is 0.535. The lowest BCUT2D eigenvalue weighted by Gasteiger charge is -1.85. The largest absolute Gasteiger partial charge is 0.481 e. The molecule has 1 amide bonds. The Kier molecular flexibility index (Phi) is 4.39. The van der Waals surface area contributed by atoms with Crippen LogP contribution < -0.4 is 5.73 Å². The van der Waals surface area contributed by atoms with Crippen LogP contribution in [0, 0.1) is 0 Å². The minimum atomic E-state index is -0.917. The zero-order chi connectivity index (χ0) is 7.98. The van der Waals surface area contributed by atoms with E-state index < -0.39 is 11.9 Å². The van der Waals surface area contributed by atoms with Gasteiger partial charge in [0.2, 0.25) is 5.91 Å². The fourth-order valence-electron chi connectivity index (χ4n) is 0.235. The number of primary amides is 1. The minimum Gasteiger partial charge on any atom is -0.481 e.